The fourth-order valence-electron chi connectivity index (χ4n) is 4.93. The number of fused-ring (bicyclic) bond motifs is 1. The molecule has 3 rings (SSSR count). The standard InChI is InChI=1S/C18H33N3O2/c1-23-16-8-10-20(15(11-16)12-19)13-18(22)21-9-4-6-14-5-2-3-7-17(14)21/h14-17H,2-13,19H2,1H3. The van der Waals surface area contributed by atoms with Gasteiger partial charge >= 0.3 is 0 Å². The molecule has 2 saturated heterocycles. The van der Waals surface area contributed by atoms with E-state index in [0.717, 1.165) is 31.8 Å². The zero-order valence-corrected chi connectivity index (χ0v) is 14.6. The molecule has 2 heterocycles. The van der Waals surface area contributed by atoms with E-state index in [1.807, 2.05) is 0 Å². The molecule has 3 aliphatic rings. The normalized spacial score (nSPS) is 35.8. The molecule has 1 saturated carbocycles. The predicted octanol–water partition coefficient (Wildman–Crippen LogP) is 1.61. The molecule has 0 aromatic heterocycles. The van der Waals surface area contributed by atoms with Crippen LogP contribution in [-0.2, 0) is 9.53 Å². The summed E-state index contributed by atoms with van der Waals surface area (Å²) in [7, 11) is 1.77. The minimum atomic E-state index is 0.282. The first kappa shape index (κ1) is 17.2. The zero-order chi connectivity index (χ0) is 16.2. The maximum atomic E-state index is 12.9. The van der Waals surface area contributed by atoms with Crippen LogP contribution in [0.2, 0.25) is 0 Å². The van der Waals surface area contributed by atoms with Gasteiger partial charge < -0.3 is 15.4 Å². The lowest BCUT2D eigenvalue weighted by Gasteiger charge is -2.45. The molecular weight excluding hydrogens is 290 g/mol. The molecule has 3 fully saturated rings. The van der Waals surface area contributed by atoms with Gasteiger partial charge in [0.15, 0.2) is 0 Å². The van der Waals surface area contributed by atoms with Crippen molar-refractivity contribution in [3.8, 4) is 0 Å². The van der Waals surface area contributed by atoms with Gasteiger partial charge in [-0.15, -0.1) is 0 Å². The second-order valence-electron chi connectivity index (χ2n) is 7.58. The van der Waals surface area contributed by atoms with Crippen molar-refractivity contribution in [3.05, 3.63) is 0 Å². The van der Waals surface area contributed by atoms with E-state index in [1.165, 1.54) is 38.5 Å². The quantitative estimate of drug-likeness (QED) is 0.854. The molecule has 2 aliphatic heterocycles. The van der Waals surface area contributed by atoms with Gasteiger partial charge in [-0.1, -0.05) is 12.8 Å². The first-order valence-corrected chi connectivity index (χ1v) is 9.49. The van der Waals surface area contributed by atoms with Gasteiger partial charge in [-0.2, -0.15) is 0 Å². The lowest BCUT2D eigenvalue weighted by molar-refractivity contribution is -0.140. The molecule has 4 atom stereocenters. The van der Waals surface area contributed by atoms with E-state index in [-0.39, 0.29) is 6.04 Å². The molecule has 1 amide bonds. The largest absolute Gasteiger partial charge is 0.381 e. The summed E-state index contributed by atoms with van der Waals surface area (Å²) in [4.78, 5) is 17.5. The topological polar surface area (TPSA) is 58.8 Å². The Morgan fingerprint density at radius 1 is 1.13 bits per heavy atom. The third kappa shape index (κ3) is 3.89. The molecular formula is C18H33N3O2. The summed E-state index contributed by atoms with van der Waals surface area (Å²) >= 11 is 0. The van der Waals surface area contributed by atoms with Crippen LogP contribution in [0.15, 0.2) is 0 Å². The van der Waals surface area contributed by atoms with Crippen molar-refractivity contribution in [2.24, 2.45) is 11.7 Å². The summed E-state index contributed by atoms with van der Waals surface area (Å²) in [5.41, 5.74) is 5.95. The van der Waals surface area contributed by atoms with Crippen LogP contribution in [0.4, 0.5) is 0 Å². The molecule has 132 valence electrons. The van der Waals surface area contributed by atoms with Gasteiger partial charge in [0.25, 0.3) is 0 Å². The second kappa shape index (κ2) is 7.95. The second-order valence-corrected chi connectivity index (χ2v) is 7.58. The van der Waals surface area contributed by atoms with Crippen molar-refractivity contribution >= 4 is 5.91 Å². The monoisotopic (exact) mass is 323 g/mol. The number of carbonyl (C=O) groups excluding carboxylic acids is 1. The van der Waals surface area contributed by atoms with E-state index in [2.05, 4.69) is 9.80 Å². The first-order valence-electron chi connectivity index (χ1n) is 9.49. The zero-order valence-electron chi connectivity index (χ0n) is 14.6. The van der Waals surface area contributed by atoms with Crippen molar-refractivity contribution in [2.45, 2.75) is 69.6 Å². The van der Waals surface area contributed by atoms with Crippen LogP contribution < -0.4 is 5.73 Å². The van der Waals surface area contributed by atoms with Gasteiger partial charge in [0, 0.05) is 38.8 Å². The molecule has 5 heteroatoms. The van der Waals surface area contributed by atoms with Crippen LogP contribution in [0.25, 0.3) is 0 Å². The highest BCUT2D eigenvalue weighted by atomic mass is 16.5. The maximum Gasteiger partial charge on any atom is 0.237 e. The Morgan fingerprint density at radius 2 is 1.91 bits per heavy atom. The van der Waals surface area contributed by atoms with Crippen LogP contribution in [0, 0.1) is 5.92 Å². The lowest BCUT2D eigenvalue weighted by atomic mass is 9.78. The smallest absolute Gasteiger partial charge is 0.237 e. The highest BCUT2D eigenvalue weighted by molar-refractivity contribution is 5.78. The van der Waals surface area contributed by atoms with Gasteiger partial charge in [-0.3, -0.25) is 9.69 Å². The summed E-state index contributed by atoms with van der Waals surface area (Å²) in [6.45, 7) is 3.04. The number of piperidine rings is 2. The fraction of sp³-hybridized carbons (Fsp3) is 0.944. The minimum Gasteiger partial charge on any atom is -0.381 e. The van der Waals surface area contributed by atoms with Crippen molar-refractivity contribution in [3.63, 3.8) is 0 Å². The molecule has 4 unspecified atom stereocenters. The minimum absolute atomic E-state index is 0.282. The van der Waals surface area contributed by atoms with E-state index >= 15 is 0 Å². The summed E-state index contributed by atoms with van der Waals surface area (Å²) < 4.78 is 5.49. The van der Waals surface area contributed by atoms with E-state index in [1.54, 1.807) is 7.11 Å². The third-order valence-corrected chi connectivity index (χ3v) is 6.30. The van der Waals surface area contributed by atoms with Crippen molar-refractivity contribution in [1.82, 2.24) is 9.80 Å². The van der Waals surface area contributed by atoms with Gasteiger partial charge in [-0.25, -0.2) is 0 Å². The third-order valence-electron chi connectivity index (χ3n) is 6.30. The van der Waals surface area contributed by atoms with Gasteiger partial charge in [-0.05, 0) is 44.4 Å². The number of hydrogen-bond acceptors (Lipinski definition) is 4. The summed E-state index contributed by atoms with van der Waals surface area (Å²) in [6.07, 6.45) is 9.92. The van der Waals surface area contributed by atoms with E-state index in [4.69, 9.17) is 10.5 Å². The highest BCUT2D eigenvalue weighted by Gasteiger charge is 2.37. The number of methoxy groups -OCH3 is 1. The Bertz CT molecular complexity index is 402. The average Bonchev–Trinajstić information content (AvgIpc) is 2.61. The fourth-order valence-corrected chi connectivity index (χ4v) is 4.93. The Hall–Kier alpha value is -0.650. The summed E-state index contributed by atoms with van der Waals surface area (Å²) in [5, 5.41) is 0. The summed E-state index contributed by atoms with van der Waals surface area (Å²) in [6, 6.07) is 0.794. The van der Waals surface area contributed by atoms with E-state index < -0.39 is 0 Å². The van der Waals surface area contributed by atoms with E-state index in [9.17, 15) is 4.79 Å². The van der Waals surface area contributed by atoms with Crippen LogP contribution >= 0.6 is 0 Å². The van der Waals surface area contributed by atoms with Gasteiger partial charge in [0.05, 0.1) is 12.6 Å². The SMILES string of the molecule is COC1CCN(CC(=O)N2CCCC3CCCCC32)C(CN)C1. The Balaban J connectivity index is 1.59. The Labute approximate surface area is 140 Å². The number of amides is 1. The Kier molecular flexibility index (Phi) is 5.94. The number of ether oxygens (including phenoxy) is 1. The van der Waals surface area contributed by atoms with Crippen LogP contribution in [0.1, 0.15) is 51.4 Å². The molecule has 5 nitrogen and oxygen atoms in total. The van der Waals surface area contributed by atoms with Crippen LogP contribution in [0.5, 0.6) is 0 Å². The Morgan fingerprint density at radius 3 is 2.70 bits per heavy atom. The van der Waals surface area contributed by atoms with E-state index in [0.29, 0.717) is 31.1 Å². The molecule has 23 heavy (non-hydrogen) atoms. The van der Waals surface area contributed by atoms with Crippen molar-refractivity contribution in [2.75, 3.05) is 33.3 Å². The number of rotatable bonds is 4. The number of likely N-dealkylation sites (tertiary alicyclic amines) is 2. The number of carbonyl (C=O) groups is 1. The van der Waals surface area contributed by atoms with Crippen LogP contribution in [-0.4, -0.2) is 67.2 Å². The van der Waals surface area contributed by atoms with Gasteiger partial charge in [0.2, 0.25) is 5.91 Å². The molecule has 0 bridgehead atoms. The van der Waals surface area contributed by atoms with Crippen molar-refractivity contribution in [1.29, 1.82) is 0 Å². The molecule has 0 aromatic carbocycles. The molecule has 0 radical (unpaired) electrons. The molecule has 2 N–H and O–H groups in total. The first-order chi connectivity index (χ1) is 11.2. The molecule has 0 aromatic rings. The number of nitrogens with zero attached hydrogens (tertiary/aromatic N) is 2. The highest BCUT2D eigenvalue weighted by Crippen LogP contribution is 2.35. The van der Waals surface area contributed by atoms with Crippen LogP contribution in [0.3, 0.4) is 0 Å². The van der Waals surface area contributed by atoms with Gasteiger partial charge in [0.1, 0.15) is 0 Å². The molecule has 0 spiro atoms. The number of nitrogens with two attached hydrogens (primary N) is 1. The molecule has 1 aliphatic carbocycles. The summed E-state index contributed by atoms with van der Waals surface area (Å²) in [5.74, 6) is 1.09. The lowest BCUT2D eigenvalue weighted by Crippen LogP contribution is -2.56. The maximum absolute atomic E-state index is 12.9. The van der Waals surface area contributed by atoms with Crippen molar-refractivity contribution < 1.29 is 9.53 Å². The average molecular weight is 323 g/mol. The number of hydrogen-bond donors (Lipinski definition) is 1. The predicted molar refractivity (Wildman–Crippen MR) is 91.1 cm³/mol.